The number of nitrogens with zero attached hydrogens (tertiary/aromatic N) is 2. The number of carbonyl (C=O) groups excluding carboxylic acids is 1. The average molecular weight is 453 g/mol. The molecule has 2 heterocycles. The number of fused-ring (bicyclic) bond motifs is 1. The highest BCUT2D eigenvalue weighted by Gasteiger charge is 2.19. The maximum absolute atomic E-state index is 13.0. The molecule has 0 atom stereocenters. The molecule has 0 bridgehead atoms. The number of thioether (sulfide) groups is 1. The van der Waals surface area contributed by atoms with Crippen molar-refractivity contribution < 1.29 is 9.53 Å². The van der Waals surface area contributed by atoms with Gasteiger partial charge < -0.3 is 4.74 Å². The van der Waals surface area contributed by atoms with Crippen LogP contribution in [-0.4, -0.2) is 21.4 Å². The SMILES string of the molecule is CSc1ccc(COC(=O)c2cc3c(=O)n(Cc4ccccc4)c(=O)n(C)c3s2)cc1. The lowest BCUT2D eigenvalue weighted by atomic mass is 10.2. The molecule has 4 rings (SSSR count). The molecular weight excluding hydrogens is 432 g/mol. The minimum absolute atomic E-state index is 0.138. The van der Waals surface area contributed by atoms with Crippen molar-refractivity contribution >= 4 is 39.3 Å². The Labute approximate surface area is 186 Å². The summed E-state index contributed by atoms with van der Waals surface area (Å²) in [5.41, 5.74) is 0.898. The quantitative estimate of drug-likeness (QED) is 0.328. The maximum atomic E-state index is 13.0. The summed E-state index contributed by atoms with van der Waals surface area (Å²) < 4.78 is 8.01. The van der Waals surface area contributed by atoms with E-state index in [-0.39, 0.29) is 13.2 Å². The van der Waals surface area contributed by atoms with E-state index in [2.05, 4.69) is 0 Å². The van der Waals surface area contributed by atoms with E-state index in [1.165, 1.54) is 15.2 Å². The van der Waals surface area contributed by atoms with Gasteiger partial charge in [0.05, 0.1) is 11.9 Å². The van der Waals surface area contributed by atoms with Gasteiger partial charge in [-0.3, -0.25) is 13.9 Å². The van der Waals surface area contributed by atoms with Gasteiger partial charge in [-0.2, -0.15) is 0 Å². The van der Waals surface area contributed by atoms with Crippen molar-refractivity contribution in [1.29, 1.82) is 0 Å². The van der Waals surface area contributed by atoms with Crippen LogP contribution in [0, 0.1) is 0 Å². The summed E-state index contributed by atoms with van der Waals surface area (Å²) in [7, 11) is 1.60. The molecule has 0 fully saturated rings. The first-order valence-electron chi connectivity index (χ1n) is 9.55. The number of hydrogen-bond acceptors (Lipinski definition) is 6. The van der Waals surface area contributed by atoms with Crippen LogP contribution in [0.25, 0.3) is 10.2 Å². The summed E-state index contributed by atoms with van der Waals surface area (Å²) in [5.74, 6) is -0.517. The molecule has 8 heteroatoms. The van der Waals surface area contributed by atoms with E-state index in [1.54, 1.807) is 18.8 Å². The lowest BCUT2D eigenvalue weighted by Gasteiger charge is -2.08. The largest absolute Gasteiger partial charge is 0.457 e. The molecule has 0 spiro atoms. The maximum Gasteiger partial charge on any atom is 0.348 e. The second-order valence-corrected chi connectivity index (χ2v) is 8.88. The van der Waals surface area contributed by atoms with E-state index in [1.807, 2.05) is 60.9 Å². The van der Waals surface area contributed by atoms with Crippen LogP contribution < -0.4 is 11.2 Å². The minimum Gasteiger partial charge on any atom is -0.457 e. The average Bonchev–Trinajstić information content (AvgIpc) is 3.26. The fourth-order valence-electron chi connectivity index (χ4n) is 3.23. The number of esters is 1. The number of aromatic nitrogens is 2. The summed E-state index contributed by atoms with van der Waals surface area (Å²) in [6.45, 7) is 0.308. The monoisotopic (exact) mass is 452 g/mol. The van der Waals surface area contributed by atoms with Gasteiger partial charge in [-0.1, -0.05) is 42.5 Å². The summed E-state index contributed by atoms with van der Waals surface area (Å²) in [5, 5.41) is 0.333. The molecule has 0 aliphatic carbocycles. The van der Waals surface area contributed by atoms with Crippen LogP contribution in [0.4, 0.5) is 0 Å². The molecule has 2 aromatic heterocycles. The van der Waals surface area contributed by atoms with Crippen LogP contribution in [0.3, 0.4) is 0 Å². The molecule has 0 amide bonds. The number of aryl methyl sites for hydroxylation is 1. The molecular formula is C23H20N2O4S2. The first-order chi connectivity index (χ1) is 15.0. The summed E-state index contributed by atoms with van der Waals surface area (Å²) in [4.78, 5) is 40.2. The third-order valence-electron chi connectivity index (χ3n) is 4.92. The van der Waals surface area contributed by atoms with Crippen LogP contribution in [-0.2, 0) is 24.9 Å². The number of hydrogen-bond donors (Lipinski definition) is 0. The highest BCUT2D eigenvalue weighted by molar-refractivity contribution is 7.98. The van der Waals surface area contributed by atoms with Gasteiger partial charge in [0.1, 0.15) is 16.3 Å². The van der Waals surface area contributed by atoms with Crippen molar-refractivity contribution in [2.24, 2.45) is 7.05 Å². The first-order valence-corrected chi connectivity index (χ1v) is 11.6. The van der Waals surface area contributed by atoms with Crippen molar-refractivity contribution in [3.8, 4) is 0 Å². The summed E-state index contributed by atoms with van der Waals surface area (Å²) >= 11 is 2.73. The van der Waals surface area contributed by atoms with Crippen molar-refractivity contribution in [1.82, 2.24) is 9.13 Å². The molecule has 0 saturated heterocycles. The Kier molecular flexibility index (Phi) is 6.11. The zero-order chi connectivity index (χ0) is 22.0. The normalized spacial score (nSPS) is 11.0. The fourth-order valence-corrected chi connectivity index (χ4v) is 4.64. The van der Waals surface area contributed by atoms with Gasteiger partial charge in [0.2, 0.25) is 0 Å². The minimum atomic E-state index is -0.517. The van der Waals surface area contributed by atoms with Crippen LogP contribution in [0.15, 0.2) is 75.1 Å². The van der Waals surface area contributed by atoms with E-state index in [0.717, 1.165) is 27.4 Å². The zero-order valence-corrected chi connectivity index (χ0v) is 18.7. The topological polar surface area (TPSA) is 70.3 Å². The van der Waals surface area contributed by atoms with E-state index >= 15 is 0 Å². The highest BCUT2D eigenvalue weighted by atomic mass is 32.2. The van der Waals surface area contributed by atoms with Crippen molar-refractivity contribution in [2.45, 2.75) is 18.0 Å². The predicted molar refractivity (Wildman–Crippen MR) is 124 cm³/mol. The Bertz CT molecular complexity index is 1350. The smallest absolute Gasteiger partial charge is 0.348 e. The molecule has 6 nitrogen and oxygen atoms in total. The number of rotatable bonds is 6. The third-order valence-corrected chi connectivity index (χ3v) is 6.86. The molecule has 0 saturated carbocycles. The molecule has 0 aliphatic rings. The highest BCUT2D eigenvalue weighted by Crippen LogP contribution is 2.23. The van der Waals surface area contributed by atoms with E-state index in [4.69, 9.17) is 4.74 Å². The first kappa shape index (κ1) is 21.1. The predicted octanol–water partition coefficient (Wildman–Crippen LogP) is 3.89. The Morgan fingerprint density at radius 3 is 2.42 bits per heavy atom. The summed E-state index contributed by atoms with van der Waals surface area (Å²) in [6.07, 6.45) is 2.00. The van der Waals surface area contributed by atoms with Crippen LogP contribution in [0.2, 0.25) is 0 Å². The molecule has 158 valence electrons. The van der Waals surface area contributed by atoms with Gasteiger partial charge in [0.15, 0.2) is 0 Å². The number of benzene rings is 2. The molecule has 2 aromatic carbocycles. The van der Waals surface area contributed by atoms with Crippen LogP contribution >= 0.6 is 23.1 Å². The molecule has 0 N–H and O–H groups in total. The second-order valence-electron chi connectivity index (χ2n) is 6.97. The Morgan fingerprint density at radius 2 is 1.74 bits per heavy atom. The van der Waals surface area contributed by atoms with Crippen molar-refractivity contribution in [2.75, 3.05) is 6.26 Å². The van der Waals surface area contributed by atoms with E-state index in [9.17, 15) is 14.4 Å². The van der Waals surface area contributed by atoms with Crippen LogP contribution in [0.1, 0.15) is 20.8 Å². The van der Waals surface area contributed by atoms with Gasteiger partial charge >= 0.3 is 11.7 Å². The Morgan fingerprint density at radius 1 is 1.03 bits per heavy atom. The Balaban J connectivity index is 1.61. The standard InChI is InChI=1S/C23H20N2O4S2/c1-24-21-18(20(26)25(23(24)28)13-15-6-4-3-5-7-15)12-19(31-21)22(27)29-14-16-8-10-17(30-2)11-9-16/h3-12H,13-14H2,1-2H3. The molecule has 0 radical (unpaired) electrons. The van der Waals surface area contributed by atoms with Gasteiger partial charge in [0.25, 0.3) is 5.56 Å². The van der Waals surface area contributed by atoms with Gasteiger partial charge in [-0.05, 0) is 35.6 Å². The fraction of sp³-hybridized carbons (Fsp3) is 0.174. The van der Waals surface area contributed by atoms with Gasteiger partial charge in [-0.15, -0.1) is 23.1 Å². The van der Waals surface area contributed by atoms with Crippen molar-refractivity contribution in [3.05, 3.63) is 97.5 Å². The number of thiophene rings is 1. The van der Waals surface area contributed by atoms with E-state index in [0.29, 0.717) is 15.1 Å². The number of carbonyl (C=O) groups is 1. The van der Waals surface area contributed by atoms with Crippen LogP contribution in [0.5, 0.6) is 0 Å². The lowest BCUT2D eigenvalue weighted by molar-refractivity contribution is 0.0478. The molecule has 4 aromatic rings. The second kappa shape index (κ2) is 8.95. The van der Waals surface area contributed by atoms with Crippen molar-refractivity contribution in [3.63, 3.8) is 0 Å². The molecule has 0 aliphatic heterocycles. The van der Waals surface area contributed by atoms with E-state index < -0.39 is 17.2 Å². The molecule has 0 unspecified atom stereocenters. The third kappa shape index (κ3) is 4.35. The molecule has 31 heavy (non-hydrogen) atoms. The zero-order valence-electron chi connectivity index (χ0n) is 17.0. The lowest BCUT2D eigenvalue weighted by Crippen LogP contribution is -2.38. The number of ether oxygens (including phenoxy) is 1. The Hall–Kier alpha value is -3.10. The van der Waals surface area contributed by atoms with Gasteiger partial charge in [0, 0.05) is 11.9 Å². The van der Waals surface area contributed by atoms with Gasteiger partial charge in [-0.25, -0.2) is 9.59 Å². The summed E-state index contributed by atoms with van der Waals surface area (Å²) in [6, 6.07) is 18.6.